The molecule has 0 heterocycles. The summed E-state index contributed by atoms with van der Waals surface area (Å²) in [5.41, 5.74) is 9.54. The van der Waals surface area contributed by atoms with Crippen LogP contribution in [0.4, 0.5) is 4.39 Å². The fourth-order valence-corrected chi connectivity index (χ4v) is 2.73. The lowest BCUT2D eigenvalue weighted by molar-refractivity contribution is 0.300. The van der Waals surface area contributed by atoms with E-state index in [1.165, 1.54) is 23.3 Å². The zero-order chi connectivity index (χ0) is 13.9. The van der Waals surface area contributed by atoms with Crippen molar-refractivity contribution in [2.75, 3.05) is 0 Å². The largest absolute Gasteiger partial charge is 0.489 e. The lowest BCUT2D eigenvalue weighted by Crippen LogP contribution is -2.18. The van der Waals surface area contributed by atoms with Crippen molar-refractivity contribution >= 4 is 0 Å². The number of halogens is 1. The predicted molar refractivity (Wildman–Crippen MR) is 77.0 cm³/mol. The maximum Gasteiger partial charge on any atom is 0.123 e. The lowest BCUT2D eigenvalue weighted by Gasteiger charge is -2.24. The van der Waals surface area contributed by atoms with Gasteiger partial charge < -0.3 is 10.5 Å². The van der Waals surface area contributed by atoms with E-state index in [4.69, 9.17) is 10.5 Å². The first-order valence-electron chi connectivity index (χ1n) is 6.98. The third-order valence-corrected chi connectivity index (χ3v) is 3.82. The number of hydrogen-bond donors (Lipinski definition) is 1. The summed E-state index contributed by atoms with van der Waals surface area (Å²) in [7, 11) is 0. The Morgan fingerprint density at radius 1 is 1.15 bits per heavy atom. The summed E-state index contributed by atoms with van der Waals surface area (Å²) in [6, 6.07) is 12.6. The van der Waals surface area contributed by atoms with Gasteiger partial charge in [-0.3, -0.25) is 0 Å². The Labute approximate surface area is 118 Å². The van der Waals surface area contributed by atoms with Crippen LogP contribution in [0, 0.1) is 5.82 Å². The van der Waals surface area contributed by atoms with Crippen molar-refractivity contribution in [2.24, 2.45) is 5.73 Å². The van der Waals surface area contributed by atoms with Gasteiger partial charge in [0.05, 0.1) is 0 Å². The second kappa shape index (κ2) is 5.63. The first-order chi connectivity index (χ1) is 9.74. The number of hydrogen-bond acceptors (Lipinski definition) is 2. The summed E-state index contributed by atoms with van der Waals surface area (Å²) in [4.78, 5) is 0. The number of fused-ring (bicyclic) bond motifs is 1. The highest BCUT2D eigenvalue weighted by atomic mass is 19.1. The summed E-state index contributed by atoms with van der Waals surface area (Å²) < 4.78 is 18.8. The SMILES string of the molecule is NC1CCCc2c(OCc3ccc(F)cc3)cccc21. The minimum absolute atomic E-state index is 0.119. The summed E-state index contributed by atoms with van der Waals surface area (Å²) >= 11 is 0. The molecule has 0 fully saturated rings. The van der Waals surface area contributed by atoms with E-state index in [0.717, 1.165) is 30.6 Å². The number of ether oxygens (including phenoxy) is 1. The zero-order valence-corrected chi connectivity index (χ0v) is 11.3. The van der Waals surface area contributed by atoms with Gasteiger partial charge in [-0.15, -0.1) is 0 Å². The van der Waals surface area contributed by atoms with Crippen molar-refractivity contribution in [1.82, 2.24) is 0 Å². The van der Waals surface area contributed by atoms with E-state index in [1.54, 1.807) is 12.1 Å². The van der Waals surface area contributed by atoms with Gasteiger partial charge in [0, 0.05) is 6.04 Å². The maximum atomic E-state index is 12.9. The Balaban J connectivity index is 1.78. The highest BCUT2D eigenvalue weighted by Gasteiger charge is 2.19. The second-order valence-corrected chi connectivity index (χ2v) is 5.24. The third kappa shape index (κ3) is 2.68. The molecule has 0 aromatic heterocycles. The molecule has 1 aliphatic carbocycles. The van der Waals surface area contributed by atoms with E-state index in [0.29, 0.717) is 6.61 Å². The number of rotatable bonds is 3. The molecule has 104 valence electrons. The Kier molecular flexibility index (Phi) is 3.70. The topological polar surface area (TPSA) is 35.2 Å². The van der Waals surface area contributed by atoms with Crippen molar-refractivity contribution < 1.29 is 9.13 Å². The van der Waals surface area contributed by atoms with Crippen molar-refractivity contribution in [3.63, 3.8) is 0 Å². The van der Waals surface area contributed by atoms with Gasteiger partial charge in [0.15, 0.2) is 0 Å². The van der Waals surface area contributed by atoms with Gasteiger partial charge in [-0.05, 0) is 54.2 Å². The van der Waals surface area contributed by atoms with E-state index in [1.807, 2.05) is 12.1 Å². The monoisotopic (exact) mass is 271 g/mol. The van der Waals surface area contributed by atoms with Gasteiger partial charge in [-0.1, -0.05) is 24.3 Å². The molecular weight excluding hydrogens is 253 g/mol. The Hall–Kier alpha value is -1.87. The number of benzene rings is 2. The van der Waals surface area contributed by atoms with Crippen LogP contribution >= 0.6 is 0 Å². The molecule has 1 unspecified atom stereocenters. The second-order valence-electron chi connectivity index (χ2n) is 5.24. The molecule has 1 atom stereocenters. The van der Waals surface area contributed by atoms with Gasteiger partial charge in [-0.2, -0.15) is 0 Å². The fourth-order valence-electron chi connectivity index (χ4n) is 2.73. The molecule has 2 N–H and O–H groups in total. The highest BCUT2D eigenvalue weighted by Crippen LogP contribution is 2.34. The minimum Gasteiger partial charge on any atom is -0.489 e. The van der Waals surface area contributed by atoms with Crippen LogP contribution in [0.5, 0.6) is 5.75 Å². The standard InChI is InChI=1S/C17H18FNO/c18-13-9-7-12(8-10-13)11-20-17-6-2-3-14-15(17)4-1-5-16(14)19/h2-3,6-10,16H,1,4-5,11,19H2. The molecule has 0 radical (unpaired) electrons. The van der Waals surface area contributed by atoms with Crippen molar-refractivity contribution in [1.29, 1.82) is 0 Å². The Bertz CT molecular complexity index is 594. The van der Waals surface area contributed by atoms with Gasteiger partial charge >= 0.3 is 0 Å². The number of nitrogens with two attached hydrogens (primary N) is 1. The molecule has 20 heavy (non-hydrogen) atoms. The van der Waals surface area contributed by atoms with Crippen LogP contribution in [0.3, 0.4) is 0 Å². The molecule has 1 aliphatic rings. The van der Waals surface area contributed by atoms with Crippen LogP contribution in [0.1, 0.15) is 35.6 Å². The van der Waals surface area contributed by atoms with Gasteiger partial charge in [0.25, 0.3) is 0 Å². The van der Waals surface area contributed by atoms with Gasteiger partial charge in [0.1, 0.15) is 18.2 Å². The molecule has 0 spiro atoms. The highest BCUT2D eigenvalue weighted by molar-refractivity contribution is 5.43. The molecule has 3 heteroatoms. The van der Waals surface area contributed by atoms with Crippen molar-refractivity contribution in [3.8, 4) is 5.75 Å². The van der Waals surface area contributed by atoms with Crippen LogP contribution in [0.15, 0.2) is 42.5 Å². The molecule has 0 aliphatic heterocycles. The zero-order valence-electron chi connectivity index (χ0n) is 11.3. The summed E-state index contributed by atoms with van der Waals surface area (Å²) in [6.45, 7) is 0.450. The Morgan fingerprint density at radius 3 is 2.75 bits per heavy atom. The molecule has 2 aromatic rings. The molecule has 0 saturated carbocycles. The van der Waals surface area contributed by atoms with E-state index < -0.39 is 0 Å². The van der Waals surface area contributed by atoms with E-state index in [9.17, 15) is 4.39 Å². The smallest absolute Gasteiger partial charge is 0.123 e. The van der Waals surface area contributed by atoms with Crippen LogP contribution in [-0.2, 0) is 13.0 Å². The molecule has 0 saturated heterocycles. The summed E-state index contributed by atoms with van der Waals surface area (Å²) in [5.74, 6) is 0.679. The Morgan fingerprint density at radius 2 is 1.95 bits per heavy atom. The van der Waals surface area contributed by atoms with Crippen LogP contribution in [0.2, 0.25) is 0 Å². The van der Waals surface area contributed by atoms with Gasteiger partial charge in [0.2, 0.25) is 0 Å². The van der Waals surface area contributed by atoms with E-state index in [2.05, 4.69) is 6.07 Å². The van der Waals surface area contributed by atoms with E-state index in [-0.39, 0.29) is 11.9 Å². The van der Waals surface area contributed by atoms with Crippen LogP contribution in [-0.4, -0.2) is 0 Å². The predicted octanol–water partition coefficient (Wildman–Crippen LogP) is 3.74. The molecule has 2 aromatic carbocycles. The molecule has 0 bridgehead atoms. The lowest BCUT2D eigenvalue weighted by atomic mass is 9.87. The summed E-state index contributed by atoms with van der Waals surface area (Å²) in [6.07, 6.45) is 3.15. The molecular formula is C17H18FNO. The first kappa shape index (κ1) is 13.1. The average molecular weight is 271 g/mol. The van der Waals surface area contributed by atoms with Crippen molar-refractivity contribution in [2.45, 2.75) is 31.9 Å². The van der Waals surface area contributed by atoms with Crippen molar-refractivity contribution in [3.05, 3.63) is 65.0 Å². The van der Waals surface area contributed by atoms with Crippen LogP contribution < -0.4 is 10.5 Å². The summed E-state index contributed by atoms with van der Waals surface area (Å²) in [5, 5.41) is 0. The van der Waals surface area contributed by atoms with E-state index >= 15 is 0 Å². The molecule has 3 rings (SSSR count). The fraction of sp³-hybridized carbons (Fsp3) is 0.294. The third-order valence-electron chi connectivity index (χ3n) is 3.82. The average Bonchev–Trinajstić information content (AvgIpc) is 2.47. The maximum absolute atomic E-state index is 12.9. The molecule has 0 amide bonds. The molecule has 2 nitrogen and oxygen atoms in total. The minimum atomic E-state index is -0.225. The normalized spacial score (nSPS) is 17.6. The van der Waals surface area contributed by atoms with Gasteiger partial charge in [-0.25, -0.2) is 4.39 Å². The first-order valence-corrected chi connectivity index (χ1v) is 6.98. The van der Waals surface area contributed by atoms with Crippen LogP contribution in [0.25, 0.3) is 0 Å². The quantitative estimate of drug-likeness (QED) is 0.923.